The maximum Gasteiger partial charge on any atom is 0.255 e. The number of amides is 1. The number of nitrogens with two attached hydrogens (primary N) is 1. The summed E-state index contributed by atoms with van der Waals surface area (Å²) in [5.74, 6) is -0.191. The van der Waals surface area contributed by atoms with E-state index < -0.39 is 0 Å². The highest BCUT2D eigenvalue weighted by molar-refractivity contribution is 5.99. The molecule has 31 heavy (non-hydrogen) atoms. The Balaban J connectivity index is 1.87. The summed E-state index contributed by atoms with van der Waals surface area (Å²) >= 11 is 0. The number of carbonyl (C=O) groups is 1. The Bertz CT molecular complexity index is 1110. The maximum atomic E-state index is 13.4. The van der Waals surface area contributed by atoms with Crippen LogP contribution in [-0.2, 0) is 6.42 Å². The Morgan fingerprint density at radius 3 is 2.74 bits per heavy atom. The number of aromatic nitrogens is 1. The lowest BCUT2D eigenvalue weighted by Gasteiger charge is -2.14. The molecule has 0 aliphatic carbocycles. The summed E-state index contributed by atoms with van der Waals surface area (Å²) < 4.78 is 13.4. The monoisotopic (exact) mass is 417 g/mol. The van der Waals surface area contributed by atoms with Gasteiger partial charge in [-0.1, -0.05) is 30.3 Å². The van der Waals surface area contributed by atoms with Crippen LogP contribution in [0.2, 0.25) is 0 Å². The average molecular weight is 417 g/mol. The second-order valence-corrected chi connectivity index (χ2v) is 7.24. The van der Waals surface area contributed by atoms with Gasteiger partial charge >= 0.3 is 0 Å². The lowest BCUT2D eigenvalue weighted by Crippen LogP contribution is -2.35. The molecule has 3 aromatic rings. The van der Waals surface area contributed by atoms with Crippen molar-refractivity contribution in [2.75, 3.05) is 18.4 Å². The summed E-state index contributed by atoms with van der Waals surface area (Å²) in [6, 6.07) is 18.9. The summed E-state index contributed by atoms with van der Waals surface area (Å²) in [6.07, 6.45) is 0.555. The van der Waals surface area contributed by atoms with Crippen LogP contribution in [0.5, 0.6) is 0 Å². The largest absolute Gasteiger partial charge is 0.369 e. The molecule has 1 heterocycles. The van der Waals surface area contributed by atoms with Crippen LogP contribution in [0.15, 0.2) is 60.7 Å². The van der Waals surface area contributed by atoms with E-state index >= 15 is 0 Å². The van der Waals surface area contributed by atoms with Crippen molar-refractivity contribution in [3.63, 3.8) is 0 Å². The minimum Gasteiger partial charge on any atom is -0.369 e. The molecule has 7 heteroatoms. The third kappa shape index (κ3) is 5.87. The van der Waals surface area contributed by atoms with Crippen LogP contribution in [0.1, 0.15) is 28.4 Å². The Kier molecular flexibility index (Phi) is 7.31. The first kappa shape index (κ1) is 21.9. The molecule has 3 rings (SSSR count). The van der Waals surface area contributed by atoms with Crippen LogP contribution in [-0.4, -0.2) is 30.0 Å². The van der Waals surface area contributed by atoms with Gasteiger partial charge in [-0.25, -0.2) is 9.37 Å². The Hall–Kier alpha value is -3.76. The molecule has 0 saturated heterocycles. The van der Waals surface area contributed by atoms with Gasteiger partial charge < -0.3 is 16.4 Å². The van der Waals surface area contributed by atoms with Crippen molar-refractivity contribution < 1.29 is 9.18 Å². The first-order valence-corrected chi connectivity index (χ1v) is 10.0. The molecule has 4 N–H and O–H groups in total. The highest BCUT2D eigenvalue weighted by Crippen LogP contribution is 2.25. The highest BCUT2D eigenvalue weighted by Gasteiger charge is 2.16. The van der Waals surface area contributed by atoms with E-state index in [1.807, 2.05) is 18.2 Å². The molecule has 1 atom stereocenters. The van der Waals surface area contributed by atoms with Crippen LogP contribution in [0.4, 0.5) is 10.2 Å². The van der Waals surface area contributed by atoms with E-state index in [4.69, 9.17) is 5.73 Å². The number of carbonyl (C=O) groups excluding carboxylic acids is 1. The molecule has 2 aromatic carbocycles. The number of benzene rings is 2. The molecule has 0 aliphatic heterocycles. The Morgan fingerprint density at radius 1 is 1.19 bits per heavy atom. The van der Waals surface area contributed by atoms with E-state index in [1.165, 1.54) is 12.1 Å². The van der Waals surface area contributed by atoms with Crippen molar-refractivity contribution in [3.05, 3.63) is 83.2 Å². The van der Waals surface area contributed by atoms with Gasteiger partial charge in [0, 0.05) is 24.7 Å². The fraction of sp³-hybridized carbons (Fsp3) is 0.208. The van der Waals surface area contributed by atoms with Crippen LogP contribution < -0.4 is 16.4 Å². The van der Waals surface area contributed by atoms with E-state index in [0.717, 1.165) is 5.56 Å². The quantitative estimate of drug-likeness (QED) is 0.520. The lowest BCUT2D eigenvalue weighted by atomic mass is 10.0. The topological polar surface area (TPSA) is 104 Å². The average Bonchev–Trinajstić information content (AvgIpc) is 2.77. The van der Waals surface area contributed by atoms with Crippen LogP contribution in [0.3, 0.4) is 0 Å². The first-order chi connectivity index (χ1) is 15.0. The summed E-state index contributed by atoms with van der Waals surface area (Å²) in [4.78, 5) is 17.3. The maximum absolute atomic E-state index is 13.4. The number of hydrogen-bond acceptors (Lipinski definition) is 5. The number of hydrogen-bond donors (Lipinski definition) is 3. The number of rotatable bonds is 8. The second-order valence-electron chi connectivity index (χ2n) is 7.24. The van der Waals surface area contributed by atoms with E-state index in [0.29, 0.717) is 47.7 Å². The van der Waals surface area contributed by atoms with Crippen molar-refractivity contribution in [2.45, 2.75) is 19.4 Å². The molecule has 158 valence electrons. The van der Waals surface area contributed by atoms with E-state index in [9.17, 15) is 14.4 Å². The normalized spacial score (nSPS) is 11.4. The molecular weight excluding hydrogens is 393 g/mol. The zero-order valence-electron chi connectivity index (χ0n) is 17.2. The lowest BCUT2D eigenvalue weighted by molar-refractivity contribution is 0.0952. The van der Waals surface area contributed by atoms with Gasteiger partial charge in [0.25, 0.3) is 5.91 Å². The first-order valence-electron chi connectivity index (χ1n) is 10.0. The molecule has 0 radical (unpaired) electrons. The van der Waals surface area contributed by atoms with Crippen molar-refractivity contribution >= 4 is 11.7 Å². The molecule has 0 unspecified atom stereocenters. The van der Waals surface area contributed by atoms with Gasteiger partial charge in [-0.05, 0) is 49.2 Å². The molecular formula is C24H24FN5O. The third-order valence-corrected chi connectivity index (χ3v) is 4.64. The molecule has 0 spiro atoms. The van der Waals surface area contributed by atoms with Crippen LogP contribution in [0.25, 0.3) is 11.3 Å². The van der Waals surface area contributed by atoms with Gasteiger partial charge in [-0.15, -0.1) is 0 Å². The number of nitriles is 1. The molecule has 0 aliphatic rings. The van der Waals surface area contributed by atoms with Gasteiger partial charge in [-0.3, -0.25) is 4.79 Å². The zero-order chi connectivity index (χ0) is 22.2. The van der Waals surface area contributed by atoms with Gasteiger partial charge in [0.1, 0.15) is 11.6 Å². The predicted molar refractivity (Wildman–Crippen MR) is 119 cm³/mol. The molecule has 1 aromatic heterocycles. The van der Waals surface area contributed by atoms with Crippen molar-refractivity contribution in [1.29, 1.82) is 5.26 Å². The van der Waals surface area contributed by atoms with E-state index in [2.05, 4.69) is 21.7 Å². The van der Waals surface area contributed by atoms with Crippen molar-refractivity contribution in [3.8, 4) is 17.3 Å². The molecule has 0 fully saturated rings. The number of nitrogens with zero attached hydrogens (tertiary/aromatic N) is 2. The summed E-state index contributed by atoms with van der Waals surface area (Å²) in [7, 11) is 0. The van der Waals surface area contributed by atoms with Crippen molar-refractivity contribution in [2.24, 2.45) is 5.73 Å². The van der Waals surface area contributed by atoms with E-state index in [1.54, 1.807) is 37.3 Å². The molecule has 0 bridgehead atoms. The van der Waals surface area contributed by atoms with Gasteiger partial charge in [0.15, 0.2) is 0 Å². The SMILES string of the molecule is C[C@H](N)CNC(=O)c1ccc(-c2ccccc2C#N)nc1NCCc1cccc(F)c1. The van der Waals surface area contributed by atoms with Gasteiger partial charge in [0.2, 0.25) is 0 Å². The smallest absolute Gasteiger partial charge is 0.255 e. The summed E-state index contributed by atoms with van der Waals surface area (Å²) in [5, 5.41) is 15.4. The van der Waals surface area contributed by atoms with Gasteiger partial charge in [-0.2, -0.15) is 5.26 Å². The standard InChI is InChI=1S/C24H24FN5O/c1-16(27)15-29-24(31)21-9-10-22(20-8-3-2-6-18(20)14-26)30-23(21)28-12-11-17-5-4-7-19(25)13-17/h2-10,13,16H,11-12,15,27H2,1H3,(H,28,30)(H,29,31)/t16-/m0/s1. The van der Waals surface area contributed by atoms with Crippen LogP contribution >= 0.6 is 0 Å². The third-order valence-electron chi connectivity index (χ3n) is 4.64. The fourth-order valence-electron chi connectivity index (χ4n) is 3.10. The van der Waals surface area contributed by atoms with Crippen molar-refractivity contribution in [1.82, 2.24) is 10.3 Å². The minimum atomic E-state index is -0.293. The fourth-order valence-corrected chi connectivity index (χ4v) is 3.10. The second kappa shape index (κ2) is 10.3. The summed E-state index contributed by atoms with van der Waals surface area (Å²) in [6.45, 7) is 2.59. The Labute approximate surface area is 180 Å². The molecule has 0 saturated carbocycles. The molecule has 6 nitrogen and oxygen atoms in total. The molecule has 1 amide bonds. The van der Waals surface area contributed by atoms with Crippen LogP contribution in [0, 0.1) is 17.1 Å². The highest BCUT2D eigenvalue weighted by atomic mass is 19.1. The Morgan fingerprint density at radius 2 is 2.00 bits per heavy atom. The summed E-state index contributed by atoms with van der Waals surface area (Å²) in [5.41, 5.74) is 8.70. The number of halogens is 1. The predicted octanol–water partition coefficient (Wildman–Crippen LogP) is 3.49. The number of nitrogens with one attached hydrogen (secondary N) is 2. The van der Waals surface area contributed by atoms with Gasteiger partial charge in [0.05, 0.1) is 22.9 Å². The van der Waals surface area contributed by atoms with E-state index in [-0.39, 0.29) is 17.8 Å². The minimum absolute atomic E-state index is 0.178. The number of pyridine rings is 1. The zero-order valence-corrected chi connectivity index (χ0v) is 17.2. The number of anilines is 1.